The maximum atomic E-state index is 11.6. The number of carboxylic acid groups (broad SMARTS) is 1. The van der Waals surface area contributed by atoms with Gasteiger partial charge >= 0.3 is 5.97 Å². The van der Waals surface area contributed by atoms with E-state index < -0.39 is 11.9 Å². The van der Waals surface area contributed by atoms with Crippen molar-refractivity contribution in [2.24, 2.45) is 0 Å². The van der Waals surface area contributed by atoms with E-state index in [4.69, 9.17) is 4.42 Å². The van der Waals surface area contributed by atoms with Gasteiger partial charge in [-0.1, -0.05) is 12.1 Å². The Hall–Kier alpha value is -2.69. The van der Waals surface area contributed by atoms with Crippen molar-refractivity contribution in [1.82, 2.24) is 9.97 Å². The molecule has 0 saturated carbocycles. The molecule has 1 unspecified atom stereocenters. The van der Waals surface area contributed by atoms with E-state index >= 15 is 0 Å². The van der Waals surface area contributed by atoms with Crippen LogP contribution in [0.2, 0.25) is 0 Å². The second-order valence-electron chi connectivity index (χ2n) is 4.52. The van der Waals surface area contributed by atoms with Crippen LogP contribution in [-0.4, -0.2) is 21.0 Å². The smallest absolute Gasteiger partial charge is 0.315 e. The van der Waals surface area contributed by atoms with Crippen LogP contribution in [0.25, 0.3) is 11.1 Å². The van der Waals surface area contributed by atoms with E-state index in [9.17, 15) is 9.90 Å². The van der Waals surface area contributed by atoms with Gasteiger partial charge in [-0.3, -0.25) is 9.78 Å². The maximum Gasteiger partial charge on any atom is 0.315 e. The minimum absolute atomic E-state index is 0.561. The van der Waals surface area contributed by atoms with Crippen LogP contribution in [0.15, 0.2) is 47.1 Å². The van der Waals surface area contributed by atoms with Gasteiger partial charge in [0.1, 0.15) is 11.4 Å². The fourth-order valence-corrected chi connectivity index (χ4v) is 2.26. The average Bonchev–Trinajstić information content (AvgIpc) is 2.79. The molecule has 0 spiro atoms. The van der Waals surface area contributed by atoms with E-state index in [1.54, 1.807) is 49.6 Å². The first kappa shape index (κ1) is 12.3. The van der Waals surface area contributed by atoms with Crippen molar-refractivity contribution >= 4 is 17.1 Å². The maximum absolute atomic E-state index is 11.6. The van der Waals surface area contributed by atoms with E-state index in [1.165, 1.54) is 0 Å². The third kappa shape index (κ3) is 2.14. The van der Waals surface area contributed by atoms with Gasteiger partial charge in [-0.15, -0.1) is 0 Å². The molecule has 0 bridgehead atoms. The van der Waals surface area contributed by atoms with Gasteiger partial charge in [-0.25, -0.2) is 4.98 Å². The van der Waals surface area contributed by atoms with Crippen molar-refractivity contribution in [2.75, 3.05) is 0 Å². The lowest BCUT2D eigenvalue weighted by molar-refractivity contribution is -0.137. The number of oxazole rings is 1. The lowest BCUT2D eigenvalue weighted by Crippen LogP contribution is -2.13. The molecule has 2 heterocycles. The number of hydrogen-bond donors (Lipinski definition) is 1. The topological polar surface area (TPSA) is 76.2 Å². The molecule has 5 nitrogen and oxygen atoms in total. The summed E-state index contributed by atoms with van der Waals surface area (Å²) >= 11 is 0. The van der Waals surface area contributed by atoms with Crippen molar-refractivity contribution in [1.29, 1.82) is 0 Å². The van der Waals surface area contributed by atoms with E-state index in [0.29, 0.717) is 28.1 Å². The number of fused-ring (bicyclic) bond motifs is 1. The van der Waals surface area contributed by atoms with Crippen LogP contribution in [0.1, 0.15) is 22.9 Å². The number of carboxylic acids is 1. The summed E-state index contributed by atoms with van der Waals surface area (Å²) in [6.07, 6.45) is 3.18. The molecule has 0 aliphatic carbocycles. The molecule has 5 heteroatoms. The molecule has 0 saturated heterocycles. The standard InChI is InChI=1S/C15H12N2O3/c1-9-17-12-7-10(4-5-13(12)20-9)14(15(18)19)11-3-2-6-16-8-11/h2-8,14H,1H3,(H,18,19). The van der Waals surface area contributed by atoms with Crippen molar-refractivity contribution < 1.29 is 14.3 Å². The molecule has 3 aromatic rings. The number of aliphatic carboxylic acids is 1. The predicted molar refractivity (Wildman–Crippen MR) is 72.5 cm³/mol. The van der Waals surface area contributed by atoms with Crippen molar-refractivity contribution in [3.63, 3.8) is 0 Å². The molecule has 20 heavy (non-hydrogen) atoms. The van der Waals surface area contributed by atoms with Gasteiger partial charge in [-0.05, 0) is 29.3 Å². The van der Waals surface area contributed by atoms with Gasteiger partial charge in [0.25, 0.3) is 0 Å². The first-order valence-electron chi connectivity index (χ1n) is 6.15. The number of hydrogen-bond acceptors (Lipinski definition) is 4. The van der Waals surface area contributed by atoms with Crippen LogP contribution in [-0.2, 0) is 4.79 Å². The molecule has 0 aliphatic rings. The molecule has 100 valence electrons. The molecule has 1 N–H and O–H groups in total. The highest BCUT2D eigenvalue weighted by molar-refractivity contribution is 5.83. The summed E-state index contributed by atoms with van der Waals surface area (Å²) in [6, 6.07) is 8.72. The molecule has 1 aromatic carbocycles. The largest absolute Gasteiger partial charge is 0.481 e. The monoisotopic (exact) mass is 268 g/mol. The Kier molecular flexibility index (Phi) is 2.95. The average molecular weight is 268 g/mol. The number of benzene rings is 1. The Morgan fingerprint density at radius 3 is 2.85 bits per heavy atom. The molecule has 0 amide bonds. The summed E-state index contributed by atoms with van der Waals surface area (Å²) in [5, 5.41) is 9.49. The molecule has 1 atom stereocenters. The van der Waals surface area contributed by atoms with E-state index in [1.807, 2.05) is 0 Å². The fourth-order valence-electron chi connectivity index (χ4n) is 2.26. The van der Waals surface area contributed by atoms with Gasteiger partial charge in [-0.2, -0.15) is 0 Å². The quantitative estimate of drug-likeness (QED) is 0.790. The highest BCUT2D eigenvalue weighted by atomic mass is 16.4. The van der Waals surface area contributed by atoms with E-state index in [2.05, 4.69) is 9.97 Å². The molecule has 0 aliphatic heterocycles. The highest BCUT2D eigenvalue weighted by Gasteiger charge is 2.23. The molecule has 0 fully saturated rings. The van der Waals surface area contributed by atoms with Gasteiger partial charge < -0.3 is 9.52 Å². The Labute approximate surface area is 114 Å². The molecule has 2 aromatic heterocycles. The summed E-state index contributed by atoms with van der Waals surface area (Å²) in [5.41, 5.74) is 2.61. The number of carbonyl (C=O) groups is 1. The third-order valence-electron chi connectivity index (χ3n) is 3.12. The first-order valence-corrected chi connectivity index (χ1v) is 6.15. The molecular formula is C15H12N2O3. The molecule has 3 rings (SSSR count). The SMILES string of the molecule is Cc1nc2cc(C(C(=O)O)c3cccnc3)ccc2o1. The molecule has 0 radical (unpaired) electrons. The zero-order valence-corrected chi connectivity index (χ0v) is 10.8. The van der Waals surface area contributed by atoms with Gasteiger partial charge in [0.05, 0.1) is 0 Å². The van der Waals surface area contributed by atoms with Crippen molar-refractivity contribution in [2.45, 2.75) is 12.8 Å². The van der Waals surface area contributed by atoms with E-state index in [0.717, 1.165) is 0 Å². The highest BCUT2D eigenvalue weighted by Crippen LogP contribution is 2.27. The fraction of sp³-hybridized carbons (Fsp3) is 0.133. The second-order valence-corrected chi connectivity index (χ2v) is 4.52. The summed E-state index contributed by atoms with van der Waals surface area (Å²) in [5.74, 6) is -1.12. The van der Waals surface area contributed by atoms with Gasteiger partial charge in [0.15, 0.2) is 11.5 Å². The Morgan fingerprint density at radius 1 is 1.30 bits per heavy atom. The minimum atomic E-state index is -0.919. The van der Waals surface area contributed by atoms with Crippen molar-refractivity contribution in [3.8, 4) is 0 Å². The Balaban J connectivity index is 2.12. The van der Waals surface area contributed by atoms with Crippen LogP contribution < -0.4 is 0 Å². The molecular weight excluding hydrogens is 256 g/mol. The lowest BCUT2D eigenvalue weighted by Gasteiger charge is -2.12. The summed E-state index contributed by atoms with van der Waals surface area (Å²) in [6.45, 7) is 1.76. The van der Waals surface area contributed by atoms with Crippen molar-refractivity contribution in [3.05, 3.63) is 59.7 Å². The van der Waals surface area contributed by atoms with Crippen LogP contribution in [0, 0.1) is 6.92 Å². The number of aromatic nitrogens is 2. The minimum Gasteiger partial charge on any atom is -0.481 e. The van der Waals surface area contributed by atoms with Crippen LogP contribution in [0.4, 0.5) is 0 Å². The Morgan fingerprint density at radius 2 is 2.15 bits per heavy atom. The Bertz CT molecular complexity index is 765. The normalized spacial score (nSPS) is 12.4. The summed E-state index contributed by atoms with van der Waals surface area (Å²) in [4.78, 5) is 19.8. The zero-order chi connectivity index (χ0) is 14.1. The lowest BCUT2D eigenvalue weighted by atomic mass is 9.92. The summed E-state index contributed by atoms with van der Waals surface area (Å²) in [7, 11) is 0. The number of aryl methyl sites for hydroxylation is 1. The van der Waals surface area contributed by atoms with E-state index in [-0.39, 0.29) is 0 Å². The summed E-state index contributed by atoms with van der Waals surface area (Å²) < 4.78 is 5.40. The van der Waals surface area contributed by atoms with Crippen LogP contribution in [0.3, 0.4) is 0 Å². The van der Waals surface area contributed by atoms with Crippen LogP contribution in [0.5, 0.6) is 0 Å². The predicted octanol–water partition coefficient (Wildman–Crippen LogP) is 2.75. The second kappa shape index (κ2) is 4.77. The number of rotatable bonds is 3. The zero-order valence-electron chi connectivity index (χ0n) is 10.8. The number of nitrogens with zero attached hydrogens (tertiary/aromatic N) is 2. The van der Waals surface area contributed by atoms with Crippen LogP contribution >= 0.6 is 0 Å². The van der Waals surface area contributed by atoms with Gasteiger partial charge in [0, 0.05) is 19.3 Å². The van der Waals surface area contributed by atoms with Gasteiger partial charge in [0.2, 0.25) is 0 Å². The number of pyridine rings is 1. The first-order chi connectivity index (χ1) is 9.65. The third-order valence-corrected chi connectivity index (χ3v) is 3.12.